The number of nitrogens with zero attached hydrogens (tertiary/aromatic N) is 1. The number of aliphatic carboxylic acids is 1. The summed E-state index contributed by atoms with van der Waals surface area (Å²) < 4.78 is 5.60. The van der Waals surface area contributed by atoms with Gasteiger partial charge >= 0.3 is 5.97 Å². The van der Waals surface area contributed by atoms with Crippen LogP contribution in [0.25, 0.3) is 11.3 Å². The fourth-order valence-electron chi connectivity index (χ4n) is 3.39. The van der Waals surface area contributed by atoms with Crippen molar-refractivity contribution in [2.75, 3.05) is 6.54 Å². The third-order valence-corrected chi connectivity index (χ3v) is 4.84. The van der Waals surface area contributed by atoms with E-state index in [2.05, 4.69) is 10.3 Å². The van der Waals surface area contributed by atoms with Gasteiger partial charge in [0.15, 0.2) is 17.3 Å². The number of nitrogens with one attached hydrogen (secondary N) is 1. The van der Waals surface area contributed by atoms with Crippen molar-refractivity contribution in [2.24, 2.45) is 5.41 Å². The Balaban J connectivity index is 1.79. The molecule has 25 heavy (non-hydrogen) atoms. The van der Waals surface area contributed by atoms with Gasteiger partial charge in [-0.1, -0.05) is 49.6 Å². The molecule has 0 unspecified atom stereocenters. The average molecular weight is 342 g/mol. The summed E-state index contributed by atoms with van der Waals surface area (Å²) >= 11 is 0. The Hall–Kier alpha value is -2.63. The maximum absolute atomic E-state index is 12.6. The number of amides is 1. The number of benzene rings is 1. The molecule has 0 spiro atoms. The highest BCUT2D eigenvalue weighted by molar-refractivity contribution is 5.98. The summed E-state index contributed by atoms with van der Waals surface area (Å²) in [5.74, 6) is -0.438. The number of carboxylic acids is 1. The topological polar surface area (TPSA) is 92.4 Å². The maximum atomic E-state index is 12.6. The molecule has 0 aliphatic heterocycles. The molecule has 6 heteroatoms. The normalized spacial score (nSPS) is 16.4. The van der Waals surface area contributed by atoms with E-state index in [9.17, 15) is 14.7 Å². The van der Waals surface area contributed by atoms with Crippen LogP contribution in [-0.4, -0.2) is 28.5 Å². The van der Waals surface area contributed by atoms with Crippen LogP contribution >= 0.6 is 0 Å². The van der Waals surface area contributed by atoms with Crippen molar-refractivity contribution in [2.45, 2.75) is 39.0 Å². The van der Waals surface area contributed by atoms with Crippen LogP contribution in [0.4, 0.5) is 0 Å². The molecule has 6 nitrogen and oxygen atoms in total. The zero-order valence-corrected chi connectivity index (χ0v) is 14.2. The Labute approximate surface area is 146 Å². The minimum atomic E-state index is -0.875. The van der Waals surface area contributed by atoms with E-state index >= 15 is 0 Å². The lowest BCUT2D eigenvalue weighted by Gasteiger charge is -2.33. The van der Waals surface area contributed by atoms with E-state index < -0.39 is 17.3 Å². The van der Waals surface area contributed by atoms with Crippen molar-refractivity contribution >= 4 is 11.9 Å². The molecule has 132 valence electrons. The van der Waals surface area contributed by atoms with Crippen LogP contribution in [0, 0.1) is 12.3 Å². The monoisotopic (exact) mass is 342 g/mol. The van der Waals surface area contributed by atoms with E-state index in [1.807, 2.05) is 30.3 Å². The van der Waals surface area contributed by atoms with Gasteiger partial charge in [0.05, 0.1) is 5.41 Å². The van der Waals surface area contributed by atoms with Crippen LogP contribution in [-0.2, 0) is 4.79 Å². The summed E-state index contributed by atoms with van der Waals surface area (Å²) in [7, 11) is 0. The number of aryl methyl sites for hydroxylation is 1. The van der Waals surface area contributed by atoms with Crippen molar-refractivity contribution in [3.63, 3.8) is 0 Å². The average Bonchev–Trinajstić information content (AvgIpc) is 3.03. The van der Waals surface area contributed by atoms with Crippen LogP contribution in [0.2, 0.25) is 0 Å². The molecule has 2 N–H and O–H groups in total. The van der Waals surface area contributed by atoms with Gasteiger partial charge in [-0.15, -0.1) is 0 Å². The third kappa shape index (κ3) is 3.57. The molecule has 1 amide bonds. The Morgan fingerprint density at radius 1 is 1.20 bits per heavy atom. The molecule has 0 saturated heterocycles. The van der Waals surface area contributed by atoms with Gasteiger partial charge < -0.3 is 14.8 Å². The second-order valence-corrected chi connectivity index (χ2v) is 6.61. The predicted molar refractivity (Wildman–Crippen MR) is 92.2 cm³/mol. The SMILES string of the molecule is Cc1nc(C(=O)NCC2(C(=O)O)CCCCC2)c(-c2ccccc2)o1. The van der Waals surface area contributed by atoms with E-state index in [-0.39, 0.29) is 12.2 Å². The van der Waals surface area contributed by atoms with Gasteiger partial charge in [0.25, 0.3) is 5.91 Å². The number of carboxylic acid groups (broad SMARTS) is 1. The zero-order valence-electron chi connectivity index (χ0n) is 14.2. The second-order valence-electron chi connectivity index (χ2n) is 6.61. The fraction of sp³-hybridized carbons (Fsp3) is 0.421. The molecule has 0 bridgehead atoms. The number of carbonyl (C=O) groups excluding carboxylic acids is 1. The molecule has 1 aliphatic rings. The standard InChI is InChI=1S/C19H22N2O4/c1-13-21-15(16(25-13)14-8-4-2-5-9-14)17(22)20-12-19(18(23)24)10-6-3-7-11-19/h2,4-5,8-9H,3,6-7,10-12H2,1H3,(H,20,22)(H,23,24). The Morgan fingerprint density at radius 2 is 1.88 bits per heavy atom. The van der Waals surface area contributed by atoms with Crippen molar-refractivity contribution in [1.29, 1.82) is 0 Å². The second kappa shape index (κ2) is 7.09. The molecule has 1 fully saturated rings. The van der Waals surface area contributed by atoms with Gasteiger partial charge in [-0.2, -0.15) is 0 Å². The highest BCUT2D eigenvalue weighted by atomic mass is 16.4. The molecule has 1 saturated carbocycles. The van der Waals surface area contributed by atoms with Crippen molar-refractivity contribution < 1.29 is 19.1 Å². The van der Waals surface area contributed by atoms with E-state index in [4.69, 9.17) is 4.42 Å². The maximum Gasteiger partial charge on any atom is 0.311 e. The van der Waals surface area contributed by atoms with Crippen molar-refractivity contribution in [3.8, 4) is 11.3 Å². The molecule has 3 rings (SSSR count). The number of carbonyl (C=O) groups is 2. The number of rotatable bonds is 5. The van der Waals surface area contributed by atoms with Crippen LogP contribution in [0.1, 0.15) is 48.5 Å². The lowest BCUT2D eigenvalue weighted by atomic mass is 9.74. The van der Waals surface area contributed by atoms with E-state index in [1.54, 1.807) is 6.92 Å². The Morgan fingerprint density at radius 3 is 2.52 bits per heavy atom. The van der Waals surface area contributed by atoms with Gasteiger partial charge in [-0.05, 0) is 12.8 Å². The molecule has 1 aromatic carbocycles. The largest absolute Gasteiger partial charge is 0.481 e. The summed E-state index contributed by atoms with van der Waals surface area (Å²) in [4.78, 5) is 28.6. The minimum absolute atomic E-state index is 0.112. The number of hydrogen-bond donors (Lipinski definition) is 2. The van der Waals surface area contributed by atoms with Crippen molar-refractivity contribution in [3.05, 3.63) is 41.9 Å². The smallest absolute Gasteiger partial charge is 0.311 e. The Bertz CT molecular complexity index is 761. The van der Waals surface area contributed by atoms with Gasteiger partial charge in [0.1, 0.15) is 0 Å². The zero-order chi connectivity index (χ0) is 17.9. The van der Waals surface area contributed by atoms with Crippen LogP contribution in [0.15, 0.2) is 34.7 Å². The summed E-state index contributed by atoms with van der Waals surface area (Å²) in [6.07, 6.45) is 3.97. The summed E-state index contributed by atoms with van der Waals surface area (Å²) in [6, 6.07) is 9.28. The number of oxazole rings is 1. The lowest BCUT2D eigenvalue weighted by molar-refractivity contribution is -0.150. The van der Waals surface area contributed by atoms with E-state index in [1.165, 1.54) is 0 Å². The fourth-order valence-corrected chi connectivity index (χ4v) is 3.39. The highest BCUT2D eigenvalue weighted by Crippen LogP contribution is 2.36. The minimum Gasteiger partial charge on any atom is -0.481 e. The first-order valence-electron chi connectivity index (χ1n) is 8.56. The number of aromatic nitrogens is 1. The van der Waals surface area contributed by atoms with Gasteiger partial charge in [-0.3, -0.25) is 9.59 Å². The molecule has 0 radical (unpaired) electrons. The Kier molecular flexibility index (Phi) is 4.88. The molecule has 0 atom stereocenters. The van der Waals surface area contributed by atoms with Crippen LogP contribution < -0.4 is 5.32 Å². The first-order chi connectivity index (χ1) is 12.0. The molecular formula is C19H22N2O4. The van der Waals surface area contributed by atoms with Gasteiger partial charge in [-0.25, -0.2) is 4.98 Å². The van der Waals surface area contributed by atoms with Gasteiger partial charge in [0, 0.05) is 19.0 Å². The quantitative estimate of drug-likeness (QED) is 0.868. The summed E-state index contributed by atoms with van der Waals surface area (Å²) in [5, 5.41) is 12.4. The summed E-state index contributed by atoms with van der Waals surface area (Å²) in [5.41, 5.74) is 0.0819. The molecule has 2 aromatic rings. The number of hydrogen-bond acceptors (Lipinski definition) is 4. The first kappa shape index (κ1) is 17.2. The molecular weight excluding hydrogens is 320 g/mol. The van der Waals surface area contributed by atoms with Gasteiger partial charge in [0.2, 0.25) is 0 Å². The van der Waals surface area contributed by atoms with E-state index in [0.717, 1.165) is 24.8 Å². The van der Waals surface area contributed by atoms with Crippen LogP contribution in [0.3, 0.4) is 0 Å². The first-order valence-corrected chi connectivity index (χ1v) is 8.56. The lowest BCUT2D eigenvalue weighted by Crippen LogP contribution is -2.44. The molecule has 1 aliphatic carbocycles. The summed E-state index contributed by atoms with van der Waals surface area (Å²) in [6.45, 7) is 1.80. The molecule has 1 aromatic heterocycles. The third-order valence-electron chi connectivity index (χ3n) is 4.84. The predicted octanol–water partition coefficient (Wildman–Crippen LogP) is 3.41. The van der Waals surface area contributed by atoms with Crippen LogP contribution in [0.5, 0.6) is 0 Å². The van der Waals surface area contributed by atoms with E-state index in [0.29, 0.717) is 24.5 Å². The van der Waals surface area contributed by atoms with Crippen molar-refractivity contribution in [1.82, 2.24) is 10.3 Å². The highest BCUT2D eigenvalue weighted by Gasteiger charge is 2.40. The molecule has 1 heterocycles.